The number of rotatable bonds is 8. The van der Waals surface area contributed by atoms with E-state index >= 15 is 0 Å². The lowest BCUT2D eigenvalue weighted by atomic mass is 10.1. The molecule has 3 rings (SSSR count). The summed E-state index contributed by atoms with van der Waals surface area (Å²) in [6.45, 7) is 2.86. The Morgan fingerprint density at radius 3 is 2.50 bits per heavy atom. The fourth-order valence-electron chi connectivity index (χ4n) is 2.57. The van der Waals surface area contributed by atoms with Crippen LogP contribution in [0.1, 0.15) is 23.0 Å². The average Bonchev–Trinajstić information content (AvgIpc) is 2.71. The summed E-state index contributed by atoms with van der Waals surface area (Å²) in [6, 6.07) is 17.2. The Labute approximate surface area is 162 Å². The summed E-state index contributed by atoms with van der Waals surface area (Å²) in [5.74, 6) is 0.686. The lowest BCUT2D eigenvalue weighted by Crippen LogP contribution is -2.27. The number of carbonyl (C=O) groups excluding carboxylic acids is 1. The molecule has 1 amide bonds. The number of benzene rings is 2. The molecule has 6 nitrogen and oxygen atoms in total. The molecule has 1 aromatic heterocycles. The summed E-state index contributed by atoms with van der Waals surface area (Å²) >= 11 is 0. The van der Waals surface area contributed by atoms with Crippen LogP contribution in [0.3, 0.4) is 0 Å². The van der Waals surface area contributed by atoms with Gasteiger partial charge in [-0.15, -0.1) is 10.2 Å². The van der Waals surface area contributed by atoms with Crippen molar-refractivity contribution in [1.82, 2.24) is 15.5 Å². The van der Waals surface area contributed by atoms with Crippen LogP contribution in [-0.4, -0.2) is 29.3 Å². The number of anilines is 2. The average molecular weight is 380 g/mol. The van der Waals surface area contributed by atoms with Crippen LogP contribution in [0, 0.1) is 5.82 Å². The first kappa shape index (κ1) is 19.3. The third kappa shape index (κ3) is 5.26. The molecule has 0 aliphatic rings. The second kappa shape index (κ2) is 9.45. The first-order valence-corrected chi connectivity index (χ1v) is 9.01. The number of hydrogen-bond acceptors (Lipinski definition) is 5. The molecule has 0 spiro atoms. The third-order valence-corrected chi connectivity index (χ3v) is 3.97. The predicted molar refractivity (Wildman–Crippen MR) is 105 cm³/mol. The Morgan fingerprint density at radius 1 is 1.04 bits per heavy atom. The second-order valence-electron chi connectivity index (χ2n) is 5.98. The van der Waals surface area contributed by atoms with Crippen molar-refractivity contribution >= 4 is 17.4 Å². The zero-order valence-corrected chi connectivity index (χ0v) is 15.5. The Hall–Kier alpha value is -3.48. The minimum atomic E-state index is -0.351. The van der Waals surface area contributed by atoms with E-state index in [-0.39, 0.29) is 17.4 Å². The van der Waals surface area contributed by atoms with E-state index in [2.05, 4.69) is 20.8 Å². The topological polar surface area (TPSA) is 76.1 Å². The number of amides is 1. The van der Waals surface area contributed by atoms with Crippen LogP contribution in [0.15, 0.2) is 60.7 Å². The molecular weight excluding hydrogens is 359 g/mol. The number of ether oxygens (including phenoxy) is 1. The standard InChI is InChI=1S/C21H21FN4O2/c1-2-28-17-9-7-16(8-10-17)24-20-12-11-19(25-26-20)21(27)23-14-13-15-5-3-4-6-18(15)22/h3-12H,2,13-14H2,1H3,(H,23,27)(H,24,26). The first-order chi connectivity index (χ1) is 13.7. The molecule has 0 aliphatic carbocycles. The van der Waals surface area contributed by atoms with Gasteiger partial charge < -0.3 is 15.4 Å². The van der Waals surface area contributed by atoms with Gasteiger partial charge in [-0.25, -0.2) is 4.39 Å². The third-order valence-electron chi connectivity index (χ3n) is 3.97. The molecule has 7 heteroatoms. The summed E-state index contributed by atoms with van der Waals surface area (Å²) in [6.07, 6.45) is 0.406. The van der Waals surface area contributed by atoms with Crippen LogP contribution in [0.4, 0.5) is 15.9 Å². The molecular formula is C21H21FN4O2. The highest BCUT2D eigenvalue weighted by molar-refractivity contribution is 5.92. The lowest BCUT2D eigenvalue weighted by Gasteiger charge is -2.08. The van der Waals surface area contributed by atoms with Crippen LogP contribution >= 0.6 is 0 Å². The summed E-state index contributed by atoms with van der Waals surface area (Å²) < 4.78 is 19.0. The highest BCUT2D eigenvalue weighted by Gasteiger charge is 2.09. The van der Waals surface area contributed by atoms with Gasteiger partial charge >= 0.3 is 0 Å². The minimum Gasteiger partial charge on any atom is -0.494 e. The Bertz CT molecular complexity index is 914. The number of carbonyl (C=O) groups is 1. The van der Waals surface area contributed by atoms with Gasteiger partial charge in [0, 0.05) is 12.2 Å². The fraction of sp³-hybridized carbons (Fsp3) is 0.190. The quantitative estimate of drug-likeness (QED) is 0.623. The number of aromatic nitrogens is 2. The SMILES string of the molecule is CCOc1ccc(Nc2ccc(C(=O)NCCc3ccccc3F)nn2)cc1. The van der Waals surface area contributed by atoms with Gasteiger partial charge in [-0.05, 0) is 61.4 Å². The van der Waals surface area contributed by atoms with Gasteiger partial charge in [-0.3, -0.25) is 4.79 Å². The van der Waals surface area contributed by atoms with Gasteiger partial charge in [-0.1, -0.05) is 18.2 Å². The van der Waals surface area contributed by atoms with Gasteiger partial charge in [0.05, 0.1) is 6.61 Å². The van der Waals surface area contributed by atoms with E-state index in [4.69, 9.17) is 4.74 Å². The van der Waals surface area contributed by atoms with Crippen molar-refractivity contribution < 1.29 is 13.9 Å². The summed E-state index contributed by atoms with van der Waals surface area (Å²) in [7, 11) is 0. The Kier molecular flexibility index (Phi) is 6.51. The van der Waals surface area contributed by atoms with E-state index in [1.54, 1.807) is 30.3 Å². The van der Waals surface area contributed by atoms with Crippen molar-refractivity contribution in [1.29, 1.82) is 0 Å². The normalized spacial score (nSPS) is 10.4. The minimum absolute atomic E-state index is 0.200. The van der Waals surface area contributed by atoms with Gasteiger partial charge in [0.25, 0.3) is 5.91 Å². The van der Waals surface area contributed by atoms with E-state index in [9.17, 15) is 9.18 Å². The van der Waals surface area contributed by atoms with Crippen molar-refractivity contribution in [3.63, 3.8) is 0 Å². The molecule has 0 unspecified atom stereocenters. The molecule has 0 atom stereocenters. The summed E-state index contributed by atoms with van der Waals surface area (Å²) in [5.41, 5.74) is 1.59. The highest BCUT2D eigenvalue weighted by Crippen LogP contribution is 2.18. The van der Waals surface area contributed by atoms with Gasteiger partial charge in [0.2, 0.25) is 0 Å². The van der Waals surface area contributed by atoms with Gasteiger partial charge in [0.15, 0.2) is 11.5 Å². The summed E-state index contributed by atoms with van der Waals surface area (Å²) in [4.78, 5) is 12.1. The molecule has 3 aromatic rings. The van der Waals surface area contributed by atoms with Crippen molar-refractivity contribution in [2.75, 3.05) is 18.5 Å². The monoisotopic (exact) mass is 380 g/mol. The van der Waals surface area contributed by atoms with Gasteiger partial charge in [-0.2, -0.15) is 0 Å². The number of hydrogen-bond donors (Lipinski definition) is 2. The fourth-order valence-corrected chi connectivity index (χ4v) is 2.57. The molecule has 0 bridgehead atoms. The smallest absolute Gasteiger partial charge is 0.271 e. The summed E-state index contributed by atoms with van der Waals surface area (Å²) in [5, 5.41) is 13.8. The molecule has 2 aromatic carbocycles. The maximum Gasteiger partial charge on any atom is 0.271 e. The van der Waals surface area contributed by atoms with Crippen molar-refractivity contribution in [2.45, 2.75) is 13.3 Å². The Balaban J connectivity index is 1.51. The van der Waals surface area contributed by atoms with E-state index in [0.717, 1.165) is 11.4 Å². The van der Waals surface area contributed by atoms with Crippen LogP contribution in [0.25, 0.3) is 0 Å². The van der Waals surface area contributed by atoms with E-state index in [1.807, 2.05) is 31.2 Å². The molecule has 0 fully saturated rings. The molecule has 144 valence electrons. The number of nitrogens with zero attached hydrogens (tertiary/aromatic N) is 2. The maximum absolute atomic E-state index is 13.6. The number of nitrogens with one attached hydrogen (secondary N) is 2. The molecule has 0 aliphatic heterocycles. The molecule has 0 radical (unpaired) electrons. The second-order valence-corrected chi connectivity index (χ2v) is 5.98. The molecule has 0 saturated heterocycles. The highest BCUT2D eigenvalue weighted by atomic mass is 19.1. The van der Waals surface area contributed by atoms with Crippen LogP contribution in [0.2, 0.25) is 0 Å². The van der Waals surface area contributed by atoms with E-state index in [0.29, 0.717) is 31.0 Å². The van der Waals surface area contributed by atoms with Crippen LogP contribution in [-0.2, 0) is 6.42 Å². The molecule has 2 N–H and O–H groups in total. The van der Waals surface area contributed by atoms with Crippen LogP contribution in [0.5, 0.6) is 5.75 Å². The zero-order chi connectivity index (χ0) is 19.8. The molecule has 1 heterocycles. The zero-order valence-electron chi connectivity index (χ0n) is 15.5. The van der Waals surface area contributed by atoms with Crippen LogP contribution < -0.4 is 15.4 Å². The predicted octanol–water partition coefficient (Wildman–Crippen LogP) is 3.73. The first-order valence-electron chi connectivity index (χ1n) is 9.01. The van der Waals surface area contributed by atoms with Gasteiger partial charge in [0.1, 0.15) is 11.6 Å². The Morgan fingerprint density at radius 2 is 1.82 bits per heavy atom. The number of halogens is 1. The van der Waals surface area contributed by atoms with Crippen molar-refractivity contribution in [3.8, 4) is 5.75 Å². The van der Waals surface area contributed by atoms with Crippen molar-refractivity contribution in [2.24, 2.45) is 0 Å². The van der Waals surface area contributed by atoms with Crippen molar-refractivity contribution in [3.05, 3.63) is 77.7 Å². The molecule has 28 heavy (non-hydrogen) atoms. The largest absolute Gasteiger partial charge is 0.494 e. The molecule has 0 saturated carbocycles. The van der Waals surface area contributed by atoms with E-state index in [1.165, 1.54) is 6.07 Å². The van der Waals surface area contributed by atoms with E-state index < -0.39 is 0 Å². The maximum atomic E-state index is 13.6. The lowest BCUT2D eigenvalue weighted by molar-refractivity contribution is 0.0948.